The molecule has 0 radical (unpaired) electrons. The smallest absolute Gasteiger partial charge is 0.394 e. The van der Waals surface area contributed by atoms with Gasteiger partial charge in [-0.2, -0.15) is 0 Å². The van der Waals surface area contributed by atoms with Crippen molar-refractivity contribution in [3.63, 3.8) is 0 Å². The summed E-state index contributed by atoms with van der Waals surface area (Å²) in [5.74, 6) is -1.78. The van der Waals surface area contributed by atoms with Crippen molar-refractivity contribution in [3.8, 4) is 0 Å². The summed E-state index contributed by atoms with van der Waals surface area (Å²) in [6, 6.07) is 0. The highest BCUT2D eigenvalue weighted by Gasteiger charge is 2.23. The van der Waals surface area contributed by atoms with Gasteiger partial charge in [0.2, 0.25) is 6.79 Å². The van der Waals surface area contributed by atoms with E-state index in [1.54, 1.807) is 20.8 Å². The molecule has 0 amide bonds. The fourth-order valence-electron chi connectivity index (χ4n) is 0.410. The molecule has 5 nitrogen and oxygen atoms in total. The predicted molar refractivity (Wildman–Crippen MR) is 47.4 cm³/mol. The van der Waals surface area contributed by atoms with Crippen molar-refractivity contribution in [1.29, 1.82) is 0 Å². The van der Waals surface area contributed by atoms with Crippen molar-refractivity contribution in [1.82, 2.24) is 0 Å². The van der Waals surface area contributed by atoms with Gasteiger partial charge in [-0.3, -0.25) is 9.59 Å². The number of carbonyl (C=O) groups is 3. The zero-order valence-corrected chi connectivity index (χ0v) is 8.88. The lowest BCUT2D eigenvalue weighted by Gasteiger charge is -2.15. The molecule has 0 N–H and O–H groups in total. The lowest BCUT2D eigenvalue weighted by atomic mass is 9.98. The van der Waals surface area contributed by atoms with E-state index in [1.807, 2.05) is 0 Å². The molecule has 0 bridgehead atoms. The highest BCUT2D eigenvalue weighted by atomic mass is 35.5. The Balaban J connectivity index is 3.82. The Kier molecular flexibility index (Phi) is 4.56. The fraction of sp³-hybridized carbons (Fsp3) is 0.625. The number of carbonyl (C=O) groups excluding carboxylic acids is 3. The van der Waals surface area contributed by atoms with E-state index in [1.165, 1.54) is 0 Å². The van der Waals surface area contributed by atoms with Gasteiger partial charge in [0.15, 0.2) is 0 Å². The zero-order valence-electron chi connectivity index (χ0n) is 8.13. The van der Waals surface area contributed by atoms with E-state index in [-0.39, 0.29) is 0 Å². The van der Waals surface area contributed by atoms with Gasteiger partial charge in [0.25, 0.3) is 0 Å². The van der Waals surface area contributed by atoms with Gasteiger partial charge in [-0.1, -0.05) is 0 Å². The van der Waals surface area contributed by atoms with E-state index < -0.39 is 29.4 Å². The summed E-state index contributed by atoms with van der Waals surface area (Å²) in [5.41, 5.74) is -0.683. The first kappa shape index (κ1) is 12.9. The first-order valence-corrected chi connectivity index (χ1v) is 4.16. The summed E-state index contributed by atoms with van der Waals surface area (Å²) in [6.45, 7) is 4.32. The number of esters is 2. The van der Waals surface area contributed by atoms with E-state index in [4.69, 9.17) is 11.6 Å². The number of ether oxygens (including phenoxy) is 2. The summed E-state index contributed by atoms with van der Waals surface area (Å²) in [6.07, 6.45) is 0. The quantitative estimate of drug-likeness (QED) is 0.306. The molecule has 0 heterocycles. The highest BCUT2D eigenvalue weighted by Crippen LogP contribution is 2.14. The number of hydrogen-bond donors (Lipinski definition) is 0. The molecule has 0 rings (SSSR count). The molecular weight excluding hydrogens is 212 g/mol. The molecule has 0 unspecified atom stereocenters. The van der Waals surface area contributed by atoms with Crippen molar-refractivity contribution in [3.05, 3.63) is 0 Å². The van der Waals surface area contributed by atoms with Crippen molar-refractivity contribution in [2.45, 2.75) is 20.8 Å². The minimum atomic E-state index is -1.25. The molecule has 14 heavy (non-hydrogen) atoms. The number of rotatable bonds is 3. The third kappa shape index (κ3) is 4.81. The van der Waals surface area contributed by atoms with Gasteiger partial charge < -0.3 is 9.47 Å². The van der Waals surface area contributed by atoms with Crippen LogP contribution in [0.5, 0.6) is 0 Å². The second-order valence-electron chi connectivity index (χ2n) is 3.51. The van der Waals surface area contributed by atoms with Gasteiger partial charge >= 0.3 is 17.2 Å². The molecule has 0 saturated carbocycles. The topological polar surface area (TPSA) is 69.7 Å². The van der Waals surface area contributed by atoms with Crippen LogP contribution in [0.4, 0.5) is 0 Å². The Bertz CT molecular complexity index is 253. The molecule has 0 spiro atoms. The average molecular weight is 223 g/mol. The summed E-state index contributed by atoms with van der Waals surface area (Å²) >= 11 is 4.78. The van der Waals surface area contributed by atoms with Gasteiger partial charge in [-0.25, -0.2) is 4.79 Å². The first-order chi connectivity index (χ1) is 6.25. The zero-order chi connectivity index (χ0) is 11.4. The van der Waals surface area contributed by atoms with Crippen molar-refractivity contribution >= 4 is 28.8 Å². The van der Waals surface area contributed by atoms with Crippen LogP contribution in [0.1, 0.15) is 20.8 Å². The van der Waals surface area contributed by atoms with Crippen LogP contribution in [0.2, 0.25) is 0 Å². The van der Waals surface area contributed by atoms with E-state index in [2.05, 4.69) is 9.47 Å². The maximum Gasteiger partial charge on any atom is 0.394 e. The third-order valence-corrected chi connectivity index (χ3v) is 1.31. The molecule has 0 aliphatic rings. The molecule has 0 saturated heterocycles. The van der Waals surface area contributed by atoms with Crippen LogP contribution in [0, 0.1) is 5.41 Å². The molecule has 0 aromatic rings. The van der Waals surface area contributed by atoms with Crippen LogP contribution in [0.15, 0.2) is 0 Å². The first-order valence-electron chi connectivity index (χ1n) is 3.79. The van der Waals surface area contributed by atoms with Crippen LogP contribution in [-0.4, -0.2) is 24.0 Å². The average Bonchev–Trinajstić information content (AvgIpc) is 2.01. The van der Waals surface area contributed by atoms with Crippen molar-refractivity contribution < 1.29 is 23.9 Å². The molecule has 0 atom stereocenters. The van der Waals surface area contributed by atoms with E-state index in [9.17, 15) is 14.4 Å². The van der Waals surface area contributed by atoms with Crippen LogP contribution in [-0.2, 0) is 23.9 Å². The lowest BCUT2D eigenvalue weighted by molar-refractivity contribution is -0.174. The maximum atomic E-state index is 11.1. The monoisotopic (exact) mass is 222 g/mol. The van der Waals surface area contributed by atoms with Gasteiger partial charge in [0.05, 0.1) is 5.41 Å². The highest BCUT2D eigenvalue weighted by molar-refractivity contribution is 6.80. The minimum absolute atomic E-state index is 0.535. The Labute approximate surface area is 86.3 Å². The molecule has 0 aliphatic heterocycles. The molecule has 0 aliphatic carbocycles. The second-order valence-corrected chi connectivity index (χ2v) is 3.85. The standard InChI is InChI=1S/C8H11ClO5/c1-8(2,3)7(12)14-4-13-6(11)5(9)10/h4H2,1-3H3. The van der Waals surface area contributed by atoms with E-state index in [0.29, 0.717) is 0 Å². The van der Waals surface area contributed by atoms with Crippen LogP contribution < -0.4 is 0 Å². The van der Waals surface area contributed by atoms with Crippen molar-refractivity contribution in [2.24, 2.45) is 5.41 Å². The maximum absolute atomic E-state index is 11.1. The molecule has 80 valence electrons. The van der Waals surface area contributed by atoms with E-state index in [0.717, 1.165) is 0 Å². The van der Waals surface area contributed by atoms with Crippen molar-refractivity contribution in [2.75, 3.05) is 6.79 Å². The SMILES string of the molecule is CC(C)(C)C(=O)OCOC(=O)C(=O)Cl. The van der Waals surface area contributed by atoms with Crippen LogP contribution >= 0.6 is 11.6 Å². The Morgan fingerprint density at radius 1 is 1.14 bits per heavy atom. The lowest BCUT2D eigenvalue weighted by Crippen LogP contribution is -2.25. The molecule has 0 fully saturated rings. The number of halogens is 1. The predicted octanol–water partition coefficient (Wildman–Crippen LogP) is 0.842. The Morgan fingerprint density at radius 2 is 1.64 bits per heavy atom. The van der Waals surface area contributed by atoms with E-state index >= 15 is 0 Å². The van der Waals surface area contributed by atoms with Crippen LogP contribution in [0.3, 0.4) is 0 Å². The largest absolute Gasteiger partial charge is 0.427 e. The van der Waals surface area contributed by atoms with Crippen LogP contribution in [0.25, 0.3) is 0 Å². The minimum Gasteiger partial charge on any atom is -0.427 e. The normalized spacial score (nSPS) is 10.6. The fourth-order valence-corrected chi connectivity index (χ4v) is 0.464. The van der Waals surface area contributed by atoms with Gasteiger partial charge in [0.1, 0.15) is 0 Å². The van der Waals surface area contributed by atoms with Gasteiger partial charge in [0, 0.05) is 0 Å². The third-order valence-electron chi connectivity index (χ3n) is 1.15. The van der Waals surface area contributed by atoms with Gasteiger partial charge in [-0.05, 0) is 32.4 Å². The Hall–Kier alpha value is -1.10. The Morgan fingerprint density at radius 3 is 2.00 bits per heavy atom. The molecular formula is C8H11ClO5. The molecule has 0 aromatic carbocycles. The summed E-state index contributed by atoms with van der Waals surface area (Å²) < 4.78 is 8.74. The molecule has 6 heteroatoms. The summed E-state index contributed by atoms with van der Waals surface area (Å²) in [4.78, 5) is 31.7. The summed E-state index contributed by atoms with van der Waals surface area (Å²) in [5, 5.41) is -1.25. The number of hydrogen-bond acceptors (Lipinski definition) is 5. The molecule has 0 aromatic heterocycles. The summed E-state index contributed by atoms with van der Waals surface area (Å²) in [7, 11) is 0. The second kappa shape index (κ2) is 4.95. The van der Waals surface area contributed by atoms with Gasteiger partial charge in [-0.15, -0.1) is 0 Å².